The molecule has 1 aromatic heterocycles. The molecule has 2 rings (SSSR count). The number of aromatic nitrogens is 2. The summed E-state index contributed by atoms with van der Waals surface area (Å²) in [5.74, 6) is 0.787. The summed E-state index contributed by atoms with van der Waals surface area (Å²) in [7, 11) is 0. The minimum absolute atomic E-state index is 0.0466. The van der Waals surface area contributed by atoms with E-state index in [1.165, 1.54) is 5.56 Å². The lowest BCUT2D eigenvalue weighted by atomic mass is 10.1. The molecule has 0 unspecified atom stereocenters. The van der Waals surface area contributed by atoms with Gasteiger partial charge in [-0.05, 0) is 12.0 Å². The van der Waals surface area contributed by atoms with Gasteiger partial charge in [-0.25, -0.2) is 0 Å². The minimum atomic E-state index is -0.246. The van der Waals surface area contributed by atoms with Crippen LogP contribution in [0.3, 0.4) is 0 Å². The zero-order chi connectivity index (χ0) is 13.5. The van der Waals surface area contributed by atoms with Crippen molar-refractivity contribution in [2.75, 3.05) is 6.54 Å². The zero-order valence-electron chi connectivity index (χ0n) is 10.5. The van der Waals surface area contributed by atoms with Crippen LogP contribution in [0, 0.1) is 0 Å². The Hall–Kier alpha value is -2.21. The normalized spacial score (nSPS) is 10.4. The molecular formula is C13H16N4O2. The average molecular weight is 260 g/mol. The Bertz CT molecular complexity index is 524. The molecule has 100 valence electrons. The quantitative estimate of drug-likeness (QED) is 0.785. The molecule has 1 heterocycles. The van der Waals surface area contributed by atoms with Crippen molar-refractivity contribution in [2.45, 2.75) is 19.4 Å². The van der Waals surface area contributed by atoms with E-state index in [0.29, 0.717) is 18.1 Å². The molecule has 6 nitrogen and oxygen atoms in total. The van der Waals surface area contributed by atoms with Crippen molar-refractivity contribution < 1.29 is 9.32 Å². The third-order valence-corrected chi connectivity index (χ3v) is 2.61. The molecule has 0 bridgehead atoms. The second-order valence-corrected chi connectivity index (χ2v) is 4.07. The molecule has 3 N–H and O–H groups in total. The molecule has 0 radical (unpaired) electrons. The third kappa shape index (κ3) is 4.18. The Morgan fingerprint density at radius 2 is 2.05 bits per heavy atom. The Morgan fingerprint density at radius 1 is 1.26 bits per heavy atom. The number of benzene rings is 1. The van der Waals surface area contributed by atoms with E-state index in [0.717, 1.165) is 6.42 Å². The highest BCUT2D eigenvalue weighted by Gasteiger charge is 2.07. The molecule has 0 aliphatic heterocycles. The smallest absolute Gasteiger partial charge is 0.246 e. The van der Waals surface area contributed by atoms with Crippen molar-refractivity contribution in [1.82, 2.24) is 15.5 Å². The number of nitrogens with zero attached hydrogens (tertiary/aromatic N) is 2. The fourth-order valence-electron chi connectivity index (χ4n) is 1.61. The van der Waals surface area contributed by atoms with E-state index in [-0.39, 0.29) is 19.0 Å². The number of rotatable bonds is 6. The van der Waals surface area contributed by atoms with Gasteiger partial charge < -0.3 is 15.6 Å². The van der Waals surface area contributed by atoms with Crippen molar-refractivity contribution in [3.63, 3.8) is 0 Å². The highest BCUT2D eigenvalue weighted by molar-refractivity contribution is 5.77. The molecule has 0 saturated heterocycles. The number of hydrogen-bond donors (Lipinski definition) is 2. The second kappa shape index (κ2) is 6.65. The van der Waals surface area contributed by atoms with Gasteiger partial charge in [0.25, 0.3) is 0 Å². The summed E-state index contributed by atoms with van der Waals surface area (Å²) in [6.45, 7) is 0.170. The monoisotopic (exact) mass is 260 g/mol. The van der Waals surface area contributed by atoms with E-state index < -0.39 is 0 Å². The Kier molecular flexibility index (Phi) is 4.63. The minimum Gasteiger partial charge on any atom is -0.346 e. The van der Waals surface area contributed by atoms with E-state index in [9.17, 15) is 4.79 Å². The van der Waals surface area contributed by atoms with Crippen LogP contribution in [0.2, 0.25) is 0 Å². The van der Waals surface area contributed by atoms with Crippen LogP contribution >= 0.6 is 0 Å². The Balaban J connectivity index is 1.82. The fourth-order valence-corrected chi connectivity index (χ4v) is 1.61. The number of carbonyl (C=O) groups excluding carboxylic acids is 1. The van der Waals surface area contributed by atoms with Gasteiger partial charge in [0.05, 0.1) is 13.1 Å². The van der Waals surface area contributed by atoms with E-state index in [4.69, 9.17) is 10.3 Å². The Labute approximate surface area is 111 Å². The summed E-state index contributed by atoms with van der Waals surface area (Å²) in [4.78, 5) is 15.2. The van der Waals surface area contributed by atoms with Crippen LogP contribution in [-0.4, -0.2) is 22.6 Å². The molecule has 2 aromatic rings. The first-order valence-electron chi connectivity index (χ1n) is 6.10. The van der Waals surface area contributed by atoms with Crippen LogP contribution in [0.25, 0.3) is 0 Å². The third-order valence-electron chi connectivity index (χ3n) is 2.61. The SMILES string of the molecule is NCC(=O)NCc1nc(CCc2ccccc2)no1. The summed E-state index contributed by atoms with van der Waals surface area (Å²) in [5, 5.41) is 6.44. The zero-order valence-corrected chi connectivity index (χ0v) is 10.5. The van der Waals surface area contributed by atoms with Crippen molar-refractivity contribution >= 4 is 5.91 Å². The molecule has 1 aromatic carbocycles. The van der Waals surface area contributed by atoms with E-state index in [2.05, 4.69) is 27.6 Å². The number of amides is 1. The van der Waals surface area contributed by atoms with Crippen molar-refractivity contribution in [2.24, 2.45) is 5.73 Å². The van der Waals surface area contributed by atoms with Crippen LogP contribution in [0.15, 0.2) is 34.9 Å². The van der Waals surface area contributed by atoms with Crippen LogP contribution in [-0.2, 0) is 24.2 Å². The first kappa shape index (κ1) is 13.2. The highest BCUT2D eigenvalue weighted by Crippen LogP contribution is 2.05. The van der Waals surface area contributed by atoms with Crippen molar-refractivity contribution in [1.29, 1.82) is 0 Å². The number of hydrogen-bond acceptors (Lipinski definition) is 5. The molecule has 6 heteroatoms. The maximum absolute atomic E-state index is 11.0. The maximum atomic E-state index is 11.0. The molecular weight excluding hydrogens is 244 g/mol. The van der Waals surface area contributed by atoms with Gasteiger partial charge >= 0.3 is 0 Å². The lowest BCUT2D eigenvalue weighted by Gasteiger charge is -1.97. The molecule has 0 atom stereocenters. The summed E-state index contributed by atoms with van der Waals surface area (Å²) in [6, 6.07) is 10.1. The fraction of sp³-hybridized carbons (Fsp3) is 0.308. The molecule has 0 aliphatic carbocycles. The van der Waals surface area contributed by atoms with Gasteiger partial charge in [0, 0.05) is 6.42 Å². The van der Waals surface area contributed by atoms with E-state index >= 15 is 0 Å². The molecule has 1 amide bonds. The highest BCUT2D eigenvalue weighted by atomic mass is 16.5. The number of carbonyl (C=O) groups is 1. The van der Waals surface area contributed by atoms with E-state index in [1.807, 2.05) is 18.2 Å². The summed E-state index contributed by atoms with van der Waals surface area (Å²) >= 11 is 0. The molecule has 19 heavy (non-hydrogen) atoms. The van der Waals surface area contributed by atoms with Crippen molar-refractivity contribution in [3.05, 3.63) is 47.6 Å². The Morgan fingerprint density at radius 3 is 2.79 bits per heavy atom. The molecule has 0 saturated carbocycles. The number of nitrogens with one attached hydrogen (secondary N) is 1. The van der Waals surface area contributed by atoms with Gasteiger partial charge in [0.1, 0.15) is 0 Å². The van der Waals surface area contributed by atoms with E-state index in [1.54, 1.807) is 0 Å². The second-order valence-electron chi connectivity index (χ2n) is 4.07. The van der Waals surface area contributed by atoms with Crippen LogP contribution in [0.5, 0.6) is 0 Å². The summed E-state index contributed by atoms with van der Waals surface area (Å²) in [5.41, 5.74) is 6.40. The van der Waals surface area contributed by atoms with Gasteiger partial charge in [0.15, 0.2) is 5.82 Å². The molecule has 0 aliphatic rings. The standard InChI is InChI=1S/C13H16N4O2/c14-8-12(18)15-9-13-16-11(17-19-13)7-6-10-4-2-1-3-5-10/h1-5H,6-9,14H2,(H,15,18). The summed E-state index contributed by atoms with van der Waals surface area (Å²) < 4.78 is 5.03. The van der Waals surface area contributed by atoms with Gasteiger partial charge in [-0.15, -0.1) is 0 Å². The predicted molar refractivity (Wildman–Crippen MR) is 69.0 cm³/mol. The van der Waals surface area contributed by atoms with Gasteiger partial charge in [-0.2, -0.15) is 4.98 Å². The maximum Gasteiger partial charge on any atom is 0.246 e. The average Bonchev–Trinajstić information content (AvgIpc) is 2.91. The molecule has 0 fully saturated rings. The summed E-state index contributed by atoms with van der Waals surface area (Å²) in [6.07, 6.45) is 1.56. The predicted octanol–water partition coefficient (Wildman–Crippen LogP) is 0.430. The van der Waals surface area contributed by atoms with Crippen LogP contribution < -0.4 is 11.1 Å². The van der Waals surface area contributed by atoms with Crippen LogP contribution in [0.1, 0.15) is 17.3 Å². The van der Waals surface area contributed by atoms with Crippen molar-refractivity contribution in [3.8, 4) is 0 Å². The molecule has 0 spiro atoms. The lowest BCUT2D eigenvalue weighted by Crippen LogP contribution is -2.29. The number of nitrogens with two attached hydrogens (primary N) is 1. The van der Waals surface area contributed by atoms with Gasteiger partial charge in [0.2, 0.25) is 11.8 Å². The van der Waals surface area contributed by atoms with Gasteiger partial charge in [-0.3, -0.25) is 4.79 Å². The lowest BCUT2D eigenvalue weighted by molar-refractivity contribution is -0.120. The first-order chi connectivity index (χ1) is 9.28. The first-order valence-corrected chi connectivity index (χ1v) is 6.10. The largest absolute Gasteiger partial charge is 0.346 e. The van der Waals surface area contributed by atoms with Gasteiger partial charge in [-0.1, -0.05) is 35.5 Å². The topological polar surface area (TPSA) is 94.0 Å². The van der Waals surface area contributed by atoms with Crippen LogP contribution in [0.4, 0.5) is 0 Å². The number of aryl methyl sites for hydroxylation is 2.